The molecule has 0 saturated heterocycles. The van der Waals surface area contributed by atoms with E-state index in [9.17, 15) is 18.0 Å². The Labute approximate surface area is 130 Å². The molecule has 0 fully saturated rings. The van der Waals surface area contributed by atoms with Crippen molar-refractivity contribution in [1.82, 2.24) is 0 Å². The molecule has 1 atom stereocenters. The van der Waals surface area contributed by atoms with Crippen molar-refractivity contribution < 1.29 is 32.4 Å². The first-order valence-corrected chi connectivity index (χ1v) is 8.18. The molecule has 8 heteroatoms. The molecule has 0 aromatic carbocycles. The van der Waals surface area contributed by atoms with E-state index in [-0.39, 0.29) is 6.61 Å². The van der Waals surface area contributed by atoms with E-state index < -0.39 is 33.7 Å². The molecule has 0 aliphatic carbocycles. The van der Waals surface area contributed by atoms with E-state index in [4.69, 9.17) is 14.4 Å². The van der Waals surface area contributed by atoms with Crippen LogP contribution < -0.4 is 0 Å². The summed E-state index contributed by atoms with van der Waals surface area (Å²) < 4.78 is 35.1. The highest BCUT2D eigenvalue weighted by Crippen LogP contribution is 2.08. The van der Waals surface area contributed by atoms with Crippen LogP contribution in [-0.2, 0) is 24.4 Å². The molecule has 0 amide bonds. The van der Waals surface area contributed by atoms with Crippen molar-refractivity contribution in [3.8, 4) is 0 Å². The van der Waals surface area contributed by atoms with Crippen molar-refractivity contribution in [3.05, 3.63) is 23.3 Å². The molecular formula is C14H22O7S. The van der Waals surface area contributed by atoms with E-state index in [1.165, 1.54) is 5.57 Å². The molecule has 0 saturated carbocycles. The Hall–Kier alpha value is -1.67. The zero-order valence-corrected chi connectivity index (χ0v) is 13.7. The van der Waals surface area contributed by atoms with Gasteiger partial charge in [-0.1, -0.05) is 17.2 Å². The van der Waals surface area contributed by atoms with Gasteiger partial charge in [-0.25, -0.2) is 0 Å². The number of hydrogen-bond acceptors (Lipinski definition) is 5. The number of carbonyl (C=O) groups is 2. The number of allylic oxidation sites excluding steroid dienone is 3. The van der Waals surface area contributed by atoms with Crippen molar-refractivity contribution in [1.29, 1.82) is 0 Å². The molecule has 0 aliphatic heterocycles. The SMILES string of the molecule is CC(C)=CCC/C(C)=C/COC(=O)CC(C(=O)O)S(=O)(=O)O. The number of carboxylic acids is 1. The van der Waals surface area contributed by atoms with Crippen LogP contribution in [0.15, 0.2) is 23.3 Å². The first kappa shape index (κ1) is 20.3. The van der Waals surface area contributed by atoms with Gasteiger partial charge in [0.15, 0.2) is 5.25 Å². The van der Waals surface area contributed by atoms with Crippen LogP contribution in [0.2, 0.25) is 0 Å². The minimum absolute atomic E-state index is 0.0721. The summed E-state index contributed by atoms with van der Waals surface area (Å²) in [5.74, 6) is -2.80. The number of hydrogen-bond donors (Lipinski definition) is 2. The summed E-state index contributed by atoms with van der Waals surface area (Å²) in [6.45, 7) is 5.78. The Balaban J connectivity index is 4.34. The van der Waals surface area contributed by atoms with Gasteiger partial charge in [0.05, 0.1) is 6.42 Å². The zero-order chi connectivity index (χ0) is 17.3. The van der Waals surface area contributed by atoms with Gasteiger partial charge < -0.3 is 9.84 Å². The fraction of sp³-hybridized carbons (Fsp3) is 0.571. The standard InChI is InChI=1S/C14H22O7S/c1-10(2)5-4-6-11(3)7-8-21-13(15)9-12(14(16)17)22(18,19)20/h5,7,12H,4,6,8-9H2,1-3H3,(H,16,17)(H,18,19,20)/b11-7+. The maximum atomic E-state index is 11.4. The first-order valence-electron chi connectivity index (χ1n) is 6.67. The molecule has 126 valence electrons. The minimum atomic E-state index is -4.84. The van der Waals surface area contributed by atoms with Crippen molar-refractivity contribution in [2.45, 2.75) is 45.3 Å². The summed E-state index contributed by atoms with van der Waals surface area (Å²) in [4.78, 5) is 22.1. The summed E-state index contributed by atoms with van der Waals surface area (Å²) >= 11 is 0. The molecular weight excluding hydrogens is 312 g/mol. The van der Waals surface area contributed by atoms with Gasteiger partial charge in [0, 0.05) is 0 Å². The Morgan fingerprint density at radius 1 is 1.18 bits per heavy atom. The predicted octanol–water partition coefficient (Wildman–Crippen LogP) is 1.95. The Kier molecular flexibility index (Phi) is 8.66. The van der Waals surface area contributed by atoms with Crippen molar-refractivity contribution >= 4 is 22.1 Å². The molecule has 0 aromatic rings. The average molecular weight is 334 g/mol. The monoisotopic (exact) mass is 334 g/mol. The molecule has 1 unspecified atom stereocenters. The van der Waals surface area contributed by atoms with E-state index in [1.807, 2.05) is 20.8 Å². The largest absolute Gasteiger partial charge is 0.480 e. The number of ether oxygens (including phenoxy) is 1. The second kappa shape index (κ2) is 9.37. The normalized spacial score (nSPS) is 13.4. The molecule has 2 N–H and O–H groups in total. The van der Waals surface area contributed by atoms with Gasteiger partial charge in [0.2, 0.25) is 0 Å². The number of aliphatic carboxylic acids is 1. The molecule has 0 heterocycles. The van der Waals surface area contributed by atoms with Crippen molar-refractivity contribution in [3.63, 3.8) is 0 Å². The van der Waals surface area contributed by atoms with Crippen LogP contribution >= 0.6 is 0 Å². The summed E-state index contributed by atoms with van der Waals surface area (Å²) in [5, 5.41) is 6.44. The van der Waals surface area contributed by atoms with Gasteiger partial charge in [-0.2, -0.15) is 8.42 Å². The highest BCUT2D eigenvalue weighted by molar-refractivity contribution is 7.87. The predicted molar refractivity (Wildman–Crippen MR) is 81.0 cm³/mol. The summed E-state index contributed by atoms with van der Waals surface area (Å²) in [6, 6.07) is 0. The van der Waals surface area contributed by atoms with Gasteiger partial charge >= 0.3 is 11.9 Å². The highest BCUT2D eigenvalue weighted by Gasteiger charge is 2.33. The van der Waals surface area contributed by atoms with Crippen LogP contribution in [0.25, 0.3) is 0 Å². The second-order valence-corrected chi connectivity index (χ2v) is 6.70. The number of esters is 1. The van der Waals surface area contributed by atoms with Crippen LogP contribution in [0, 0.1) is 0 Å². The number of carboxylic acid groups (broad SMARTS) is 1. The Morgan fingerprint density at radius 3 is 2.23 bits per heavy atom. The third kappa shape index (κ3) is 9.30. The molecule has 0 spiro atoms. The Bertz CT molecular complexity index is 554. The Morgan fingerprint density at radius 2 is 1.77 bits per heavy atom. The fourth-order valence-electron chi connectivity index (χ4n) is 1.50. The fourth-order valence-corrected chi connectivity index (χ4v) is 2.10. The van der Waals surface area contributed by atoms with Gasteiger partial charge in [0.25, 0.3) is 10.1 Å². The molecule has 0 rings (SSSR count). The van der Waals surface area contributed by atoms with Gasteiger partial charge in [-0.15, -0.1) is 0 Å². The molecule has 0 bridgehead atoms. The second-order valence-electron chi connectivity index (χ2n) is 5.10. The topological polar surface area (TPSA) is 118 Å². The van der Waals surface area contributed by atoms with E-state index in [0.29, 0.717) is 0 Å². The zero-order valence-electron chi connectivity index (χ0n) is 12.9. The average Bonchev–Trinajstić information content (AvgIpc) is 2.33. The van der Waals surface area contributed by atoms with Crippen LogP contribution in [-0.4, -0.2) is 41.9 Å². The smallest absolute Gasteiger partial charge is 0.325 e. The lowest BCUT2D eigenvalue weighted by Crippen LogP contribution is -2.32. The molecule has 7 nitrogen and oxygen atoms in total. The number of carbonyl (C=O) groups excluding carboxylic acids is 1. The van der Waals surface area contributed by atoms with E-state index in [1.54, 1.807) is 6.08 Å². The quantitative estimate of drug-likeness (QED) is 0.376. The summed E-state index contributed by atoms with van der Waals surface area (Å²) in [7, 11) is -4.84. The van der Waals surface area contributed by atoms with E-state index >= 15 is 0 Å². The highest BCUT2D eigenvalue weighted by atomic mass is 32.2. The number of rotatable bonds is 9. The molecule has 22 heavy (non-hydrogen) atoms. The van der Waals surface area contributed by atoms with Crippen molar-refractivity contribution in [2.75, 3.05) is 6.61 Å². The van der Waals surface area contributed by atoms with Crippen LogP contribution in [0.5, 0.6) is 0 Å². The molecule has 0 aliphatic rings. The first-order chi connectivity index (χ1) is 10.0. The third-order valence-electron chi connectivity index (χ3n) is 2.75. The van der Waals surface area contributed by atoms with E-state index in [0.717, 1.165) is 18.4 Å². The van der Waals surface area contributed by atoms with Gasteiger partial charge in [-0.3, -0.25) is 14.1 Å². The lowest BCUT2D eigenvalue weighted by atomic mass is 10.1. The third-order valence-corrected chi connectivity index (χ3v) is 3.84. The van der Waals surface area contributed by atoms with Crippen LogP contribution in [0.3, 0.4) is 0 Å². The van der Waals surface area contributed by atoms with Gasteiger partial charge in [-0.05, 0) is 39.7 Å². The lowest BCUT2D eigenvalue weighted by molar-refractivity contribution is -0.146. The molecule has 0 radical (unpaired) electrons. The minimum Gasteiger partial charge on any atom is -0.480 e. The molecule has 0 aromatic heterocycles. The van der Waals surface area contributed by atoms with Crippen LogP contribution in [0.1, 0.15) is 40.0 Å². The lowest BCUT2D eigenvalue weighted by Gasteiger charge is -2.08. The van der Waals surface area contributed by atoms with Crippen LogP contribution in [0.4, 0.5) is 0 Å². The maximum absolute atomic E-state index is 11.4. The van der Waals surface area contributed by atoms with E-state index in [2.05, 4.69) is 6.08 Å². The van der Waals surface area contributed by atoms with Gasteiger partial charge in [0.1, 0.15) is 6.61 Å². The summed E-state index contributed by atoms with van der Waals surface area (Å²) in [6.07, 6.45) is 4.47. The maximum Gasteiger partial charge on any atom is 0.325 e. The van der Waals surface area contributed by atoms with Crippen molar-refractivity contribution in [2.24, 2.45) is 0 Å². The summed E-state index contributed by atoms with van der Waals surface area (Å²) in [5.41, 5.74) is 2.21.